The summed E-state index contributed by atoms with van der Waals surface area (Å²) in [4.78, 5) is 3.86. The third-order valence-electron chi connectivity index (χ3n) is 2.56. The van der Waals surface area contributed by atoms with Gasteiger partial charge in [0.15, 0.2) is 5.75 Å². The van der Waals surface area contributed by atoms with Crippen LogP contribution in [-0.4, -0.2) is 20.5 Å². The summed E-state index contributed by atoms with van der Waals surface area (Å²) in [5, 5.41) is 1.43. The molecule has 0 spiro atoms. The fourth-order valence-electron chi connectivity index (χ4n) is 1.58. The minimum Gasteiger partial charge on any atom is -0.494 e. The lowest BCUT2D eigenvalue weighted by Gasteiger charge is -2.05. The van der Waals surface area contributed by atoms with Crippen LogP contribution < -0.4 is 4.74 Å². The first-order valence-corrected chi connectivity index (χ1v) is 7.64. The predicted molar refractivity (Wildman–Crippen MR) is 78.5 cm³/mol. The Morgan fingerprint density at radius 2 is 1.95 bits per heavy atom. The number of aromatic nitrogens is 1. The minimum atomic E-state index is -3.69. The number of benzene rings is 1. The largest absolute Gasteiger partial charge is 0.494 e. The van der Waals surface area contributed by atoms with E-state index in [4.69, 9.17) is 16.3 Å². The van der Waals surface area contributed by atoms with Crippen molar-refractivity contribution in [1.29, 1.82) is 0 Å². The van der Waals surface area contributed by atoms with E-state index in [1.165, 1.54) is 19.4 Å². The van der Waals surface area contributed by atoms with E-state index in [9.17, 15) is 8.42 Å². The Bertz CT molecular complexity index is 742. The first-order valence-electron chi connectivity index (χ1n) is 5.71. The summed E-state index contributed by atoms with van der Waals surface area (Å²) in [7, 11) is -2.30. The third-order valence-corrected chi connectivity index (χ3v) is 4.24. The molecule has 20 heavy (non-hydrogen) atoms. The Morgan fingerprint density at radius 3 is 2.65 bits per heavy atom. The molecule has 1 aromatic heterocycles. The molecule has 0 aliphatic heterocycles. The molecule has 0 amide bonds. The molecular formula is C14H12ClNO3S. The van der Waals surface area contributed by atoms with Gasteiger partial charge in [-0.25, -0.2) is 13.4 Å². The highest BCUT2D eigenvalue weighted by Crippen LogP contribution is 2.23. The standard InChI is InChI=1S/C14H12ClNO3S/c1-19-13-7-4-9-16-14(13)20(17,18)10-8-11-5-2-3-6-12(11)15/h2-10H,1H3/b10-8+. The molecular weight excluding hydrogens is 298 g/mol. The molecule has 104 valence electrons. The molecule has 0 aliphatic carbocycles. The zero-order valence-electron chi connectivity index (χ0n) is 10.7. The van der Waals surface area contributed by atoms with Gasteiger partial charge in [-0.15, -0.1) is 0 Å². The number of methoxy groups -OCH3 is 1. The summed E-state index contributed by atoms with van der Waals surface area (Å²) in [6, 6.07) is 10.1. The van der Waals surface area contributed by atoms with E-state index in [1.54, 1.807) is 36.4 Å². The molecule has 1 heterocycles. The second kappa shape index (κ2) is 6.07. The smallest absolute Gasteiger partial charge is 0.220 e. The Morgan fingerprint density at radius 1 is 1.20 bits per heavy atom. The maximum atomic E-state index is 12.2. The molecule has 0 saturated carbocycles. The molecule has 0 radical (unpaired) electrons. The molecule has 0 N–H and O–H groups in total. The summed E-state index contributed by atoms with van der Waals surface area (Å²) < 4.78 is 29.5. The minimum absolute atomic E-state index is 0.120. The molecule has 0 unspecified atom stereocenters. The summed E-state index contributed by atoms with van der Waals surface area (Å²) in [5.74, 6) is 0.205. The van der Waals surface area contributed by atoms with Crippen LogP contribution in [0.2, 0.25) is 5.02 Å². The van der Waals surface area contributed by atoms with Crippen molar-refractivity contribution in [3.8, 4) is 5.75 Å². The highest BCUT2D eigenvalue weighted by molar-refractivity contribution is 7.94. The van der Waals surface area contributed by atoms with Crippen LogP contribution in [0.4, 0.5) is 0 Å². The van der Waals surface area contributed by atoms with Gasteiger partial charge in [-0.2, -0.15) is 0 Å². The molecule has 2 aromatic rings. The Balaban J connectivity index is 2.39. The summed E-state index contributed by atoms with van der Waals surface area (Å²) >= 11 is 5.97. The fraction of sp³-hybridized carbons (Fsp3) is 0.0714. The van der Waals surface area contributed by atoms with Crippen LogP contribution >= 0.6 is 11.6 Å². The van der Waals surface area contributed by atoms with E-state index in [2.05, 4.69) is 4.98 Å². The number of halogens is 1. The van der Waals surface area contributed by atoms with Crippen molar-refractivity contribution in [3.63, 3.8) is 0 Å². The van der Waals surface area contributed by atoms with Crippen molar-refractivity contribution < 1.29 is 13.2 Å². The van der Waals surface area contributed by atoms with Gasteiger partial charge in [-0.05, 0) is 29.8 Å². The zero-order chi connectivity index (χ0) is 14.6. The number of rotatable bonds is 4. The van der Waals surface area contributed by atoms with Crippen LogP contribution in [0.1, 0.15) is 5.56 Å². The van der Waals surface area contributed by atoms with Gasteiger partial charge in [0.05, 0.1) is 7.11 Å². The fourth-order valence-corrected chi connectivity index (χ4v) is 2.88. The normalized spacial score (nSPS) is 11.7. The first kappa shape index (κ1) is 14.6. The van der Waals surface area contributed by atoms with Gasteiger partial charge in [0, 0.05) is 16.6 Å². The Labute approximate surface area is 122 Å². The van der Waals surface area contributed by atoms with Crippen LogP contribution in [-0.2, 0) is 9.84 Å². The van der Waals surface area contributed by atoms with Crippen molar-refractivity contribution >= 4 is 27.5 Å². The number of pyridine rings is 1. The van der Waals surface area contributed by atoms with Gasteiger partial charge in [0.2, 0.25) is 14.9 Å². The lowest BCUT2D eigenvalue weighted by molar-refractivity contribution is 0.398. The molecule has 0 bridgehead atoms. The number of hydrogen-bond donors (Lipinski definition) is 0. The highest BCUT2D eigenvalue weighted by Gasteiger charge is 2.17. The zero-order valence-corrected chi connectivity index (χ0v) is 12.2. The molecule has 0 atom stereocenters. The van der Waals surface area contributed by atoms with E-state index in [0.717, 1.165) is 5.41 Å². The van der Waals surface area contributed by atoms with Crippen LogP contribution in [0.3, 0.4) is 0 Å². The van der Waals surface area contributed by atoms with Crippen molar-refractivity contribution in [2.24, 2.45) is 0 Å². The third kappa shape index (κ3) is 3.18. The van der Waals surface area contributed by atoms with E-state index in [1.807, 2.05) is 0 Å². The predicted octanol–water partition coefficient (Wildman–Crippen LogP) is 3.19. The van der Waals surface area contributed by atoms with Crippen LogP contribution in [0.5, 0.6) is 5.75 Å². The van der Waals surface area contributed by atoms with Crippen molar-refractivity contribution in [2.75, 3.05) is 7.11 Å². The number of sulfone groups is 1. The molecule has 6 heteroatoms. The lowest BCUT2D eigenvalue weighted by Crippen LogP contribution is -2.02. The van der Waals surface area contributed by atoms with E-state index in [-0.39, 0.29) is 10.8 Å². The van der Waals surface area contributed by atoms with Crippen molar-refractivity contribution in [3.05, 3.63) is 58.6 Å². The SMILES string of the molecule is COc1cccnc1S(=O)(=O)/C=C/c1ccccc1Cl. The van der Waals surface area contributed by atoms with Crippen LogP contribution in [0, 0.1) is 0 Å². The van der Waals surface area contributed by atoms with Crippen molar-refractivity contribution in [2.45, 2.75) is 5.03 Å². The monoisotopic (exact) mass is 309 g/mol. The van der Waals surface area contributed by atoms with Gasteiger partial charge in [0.1, 0.15) is 0 Å². The summed E-state index contributed by atoms with van der Waals surface area (Å²) in [6.07, 6.45) is 2.84. The maximum absolute atomic E-state index is 12.2. The summed E-state index contributed by atoms with van der Waals surface area (Å²) in [5.41, 5.74) is 0.618. The van der Waals surface area contributed by atoms with E-state index in [0.29, 0.717) is 10.6 Å². The quantitative estimate of drug-likeness (QED) is 0.870. The first-order chi connectivity index (χ1) is 9.54. The molecule has 0 aliphatic rings. The second-order valence-corrected chi connectivity index (χ2v) is 6.04. The maximum Gasteiger partial charge on any atom is 0.220 e. The second-order valence-electron chi connectivity index (χ2n) is 3.88. The molecule has 1 aromatic carbocycles. The topological polar surface area (TPSA) is 56.3 Å². The number of ether oxygens (including phenoxy) is 1. The number of nitrogens with zero attached hydrogens (tertiary/aromatic N) is 1. The van der Waals surface area contributed by atoms with Crippen molar-refractivity contribution in [1.82, 2.24) is 4.98 Å². The van der Waals surface area contributed by atoms with E-state index >= 15 is 0 Å². The molecule has 2 rings (SSSR count). The molecule has 4 nitrogen and oxygen atoms in total. The molecule has 0 saturated heterocycles. The van der Waals surface area contributed by atoms with Gasteiger partial charge in [-0.1, -0.05) is 29.8 Å². The van der Waals surface area contributed by atoms with Crippen LogP contribution in [0.25, 0.3) is 6.08 Å². The Kier molecular flexibility index (Phi) is 4.42. The molecule has 0 fully saturated rings. The van der Waals surface area contributed by atoms with Gasteiger partial charge in [0.25, 0.3) is 0 Å². The average molecular weight is 310 g/mol. The van der Waals surface area contributed by atoms with Gasteiger partial charge in [-0.3, -0.25) is 0 Å². The van der Waals surface area contributed by atoms with E-state index < -0.39 is 9.84 Å². The lowest BCUT2D eigenvalue weighted by atomic mass is 10.2. The van der Waals surface area contributed by atoms with Crippen LogP contribution in [0.15, 0.2) is 53.0 Å². The summed E-state index contributed by atoms with van der Waals surface area (Å²) in [6.45, 7) is 0. The van der Waals surface area contributed by atoms with Gasteiger partial charge >= 0.3 is 0 Å². The average Bonchev–Trinajstić information content (AvgIpc) is 2.46. The Hall–Kier alpha value is -1.85. The van der Waals surface area contributed by atoms with Gasteiger partial charge < -0.3 is 4.74 Å². The highest BCUT2D eigenvalue weighted by atomic mass is 35.5. The number of hydrogen-bond acceptors (Lipinski definition) is 4.